The second-order valence-electron chi connectivity index (χ2n) is 5.40. The molecule has 0 aromatic rings. The van der Waals surface area contributed by atoms with Crippen molar-refractivity contribution in [1.29, 1.82) is 0 Å². The highest BCUT2D eigenvalue weighted by molar-refractivity contribution is 8.77. The van der Waals surface area contributed by atoms with Gasteiger partial charge in [-0.1, -0.05) is 171 Å². The maximum Gasteiger partial charge on any atom is 0.102 e. The van der Waals surface area contributed by atoms with Crippen LogP contribution in [0.4, 0.5) is 0 Å². The molecule has 0 fully saturated rings. The zero-order chi connectivity index (χ0) is 29.7. The van der Waals surface area contributed by atoms with Crippen LogP contribution in [0.25, 0.3) is 0 Å². The molecule has 0 N–H and O–H groups in total. The molecule has 0 aliphatic carbocycles. The predicted molar refractivity (Wildman–Crippen MR) is 216 cm³/mol. The molecule has 0 saturated heterocycles. The molecule has 0 rings (SSSR count). The highest BCUT2D eigenvalue weighted by Crippen LogP contribution is 2.22. The first-order valence-electron chi connectivity index (χ1n) is 12.1. The van der Waals surface area contributed by atoms with Crippen molar-refractivity contribution in [2.45, 2.75) is 60.8 Å². The maximum atomic E-state index is 4.77. The third kappa shape index (κ3) is 109. The van der Waals surface area contributed by atoms with E-state index in [1.807, 2.05) is 86.4 Å². The van der Waals surface area contributed by atoms with E-state index in [-0.39, 0.29) is 0 Å². The topological polar surface area (TPSA) is 18.5 Å². The lowest BCUT2D eigenvalue weighted by Crippen LogP contribution is -1.80. The normalized spacial score (nSPS) is 9.08. The summed E-state index contributed by atoms with van der Waals surface area (Å²) in [5.74, 6) is 9.07. The number of rotatable bonds is 19. The van der Waals surface area contributed by atoms with E-state index in [0.717, 1.165) is 11.9 Å². The lowest BCUT2D eigenvalue weighted by Gasteiger charge is -1.95. The quantitative estimate of drug-likeness (QED) is 0.0709. The molecule has 0 unspecified atom stereocenters. The van der Waals surface area contributed by atoms with Crippen molar-refractivity contribution in [3.05, 3.63) is 0 Å². The van der Waals surface area contributed by atoms with Crippen LogP contribution in [0.1, 0.15) is 60.8 Å². The van der Waals surface area contributed by atoms with Gasteiger partial charge in [0.2, 0.25) is 0 Å². The minimum absolute atomic E-state index is 0.730. The third-order valence-corrected chi connectivity index (χ3v) is 14.7. The van der Waals surface area contributed by atoms with Gasteiger partial charge in [-0.05, 0) is 44.3 Å². The Morgan fingerprint density at radius 2 is 0.703 bits per heavy atom. The first-order chi connectivity index (χ1) is 18.0. The minimum Gasteiger partial charge on any atom is -0.373 e. The Hall–Kier alpha value is 4.12. The summed E-state index contributed by atoms with van der Waals surface area (Å²) < 4.78 is 9.55. The zero-order valence-corrected chi connectivity index (χ0v) is 35.3. The number of ether oxygens (including phenoxy) is 2. The summed E-state index contributed by atoms with van der Waals surface area (Å²) in [6.45, 7) is 13.1. The molecule has 14 heteroatoms. The highest BCUT2D eigenvalue weighted by atomic mass is 33.1. The molecule has 0 aliphatic rings. The summed E-state index contributed by atoms with van der Waals surface area (Å²) in [6, 6.07) is 0. The van der Waals surface area contributed by atoms with Gasteiger partial charge in [-0.2, -0.15) is 0 Å². The minimum atomic E-state index is 0.730. The van der Waals surface area contributed by atoms with Crippen molar-refractivity contribution in [2.75, 3.05) is 85.6 Å². The van der Waals surface area contributed by atoms with E-state index < -0.39 is 0 Å². The van der Waals surface area contributed by atoms with Gasteiger partial charge >= 0.3 is 0 Å². The molecule has 0 saturated carbocycles. The second kappa shape index (κ2) is 72.4. The van der Waals surface area contributed by atoms with Crippen molar-refractivity contribution in [3.63, 3.8) is 0 Å². The van der Waals surface area contributed by atoms with Gasteiger partial charge in [0.1, 0.15) is 11.9 Å². The fourth-order valence-corrected chi connectivity index (χ4v) is 8.10. The standard InChI is InChI=1S/C6H14S2.C4H10O2S2.2C4H10S2.C3H8S2.C2H6S2/c1-3-5-7-8-6-4-2;1-5-3-7-8-4-6-2;1-3-4-6-5-2;1-3-5-6-4-2;1-3-5-4-2;1-3-4-2/h3-6H2,1-2H3;3-4H2,1-2H3;2*3-4H2,1-2H3;3H2,1-2H3;1-2H3. The molecule has 0 amide bonds. The SMILES string of the molecule is CCCSSC.CCCSSCCC.CCSSC.CCSSCC.COCSSCOC.CSSC. The van der Waals surface area contributed by atoms with Crippen molar-refractivity contribution in [1.82, 2.24) is 0 Å². The van der Waals surface area contributed by atoms with E-state index in [2.05, 4.69) is 66.6 Å². The Balaban J connectivity index is -0.0000000791. The van der Waals surface area contributed by atoms with Crippen LogP contribution in [0.2, 0.25) is 0 Å². The van der Waals surface area contributed by atoms with Crippen LogP contribution >= 0.6 is 130 Å². The van der Waals surface area contributed by atoms with Crippen LogP contribution in [-0.2, 0) is 9.47 Å². The maximum absolute atomic E-state index is 4.77. The molecule has 0 bridgehead atoms. The molecular weight excluding hydrogens is 693 g/mol. The second-order valence-corrected chi connectivity index (χ2v) is 21.7. The van der Waals surface area contributed by atoms with Crippen molar-refractivity contribution in [2.24, 2.45) is 0 Å². The lowest BCUT2D eigenvalue weighted by atomic mass is 10.6. The number of hydrogen-bond acceptors (Lipinski definition) is 14. The van der Waals surface area contributed by atoms with Gasteiger partial charge in [-0.3, -0.25) is 0 Å². The van der Waals surface area contributed by atoms with Crippen LogP contribution in [0.5, 0.6) is 0 Å². The summed E-state index contributed by atoms with van der Waals surface area (Å²) in [7, 11) is 25.5. The Labute approximate surface area is 282 Å². The molecule has 0 aromatic carbocycles. The van der Waals surface area contributed by atoms with Crippen LogP contribution < -0.4 is 0 Å². The molecular formula is C23H58O2S12. The molecule has 2 nitrogen and oxygen atoms in total. The first kappa shape index (κ1) is 53.7. The third-order valence-electron chi connectivity index (χ3n) is 2.20. The largest absolute Gasteiger partial charge is 0.373 e. The Kier molecular flexibility index (Phi) is 105. The van der Waals surface area contributed by atoms with Crippen LogP contribution in [-0.4, -0.2) is 85.6 Å². The van der Waals surface area contributed by atoms with Gasteiger partial charge in [-0.25, -0.2) is 0 Å². The average molecular weight is 752 g/mol. The van der Waals surface area contributed by atoms with E-state index in [1.54, 1.807) is 57.4 Å². The van der Waals surface area contributed by atoms with Gasteiger partial charge in [0.05, 0.1) is 0 Å². The van der Waals surface area contributed by atoms with E-state index in [0.29, 0.717) is 0 Å². The van der Waals surface area contributed by atoms with Gasteiger partial charge in [-0.15, -0.1) is 0 Å². The molecule has 0 aliphatic heterocycles. The summed E-state index contributed by atoms with van der Waals surface area (Å²) in [4.78, 5) is 0. The summed E-state index contributed by atoms with van der Waals surface area (Å²) in [5.41, 5.74) is 0. The van der Waals surface area contributed by atoms with E-state index in [1.165, 1.54) is 53.8 Å². The van der Waals surface area contributed by atoms with Crippen LogP contribution in [0.15, 0.2) is 0 Å². The van der Waals surface area contributed by atoms with Crippen molar-refractivity contribution >= 4 is 130 Å². The monoisotopic (exact) mass is 750 g/mol. The van der Waals surface area contributed by atoms with E-state index >= 15 is 0 Å². The summed E-state index contributed by atoms with van der Waals surface area (Å²) in [6.07, 6.45) is 12.2. The number of hydrogen-bond donors (Lipinski definition) is 0. The van der Waals surface area contributed by atoms with Gasteiger partial charge in [0, 0.05) is 48.7 Å². The summed E-state index contributed by atoms with van der Waals surface area (Å²) in [5, 5.41) is 0. The van der Waals surface area contributed by atoms with Crippen molar-refractivity contribution < 1.29 is 9.47 Å². The van der Waals surface area contributed by atoms with Crippen molar-refractivity contribution in [3.8, 4) is 0 Å². The van der Waals surface area contributed by atoms with Crippen LogP contribution in [0.3, 0.4) is 0 Å². The Morgan fingerprint density at radius 1 is 0.378 bits per heavy atom. The van der Waals surface area contributed by atoms with E-state index in [9.17, 15) is 0 Å². The Bertz CT molecular complexity index is 232. The fourth-order valence-electron chi connectivity index (χ4n) is 0.900. The molecule has 0 heterocycles. The lowest BCUT2D eigenvalue weighted by molar-refractivity contribution is 0.257. The molecule has 234 valence electrons. The highest BCUT2D eigenvalue weighted by Gasteiger charge is 1.84. The number of methoxy groups -OCH3 is 2. The molecule has 0 atom stereocenters. The van der Waals surface area contributed by atoms with Gasteiger partial charge < -0.3 is 9.47 Å². The Morgan fingerprint density at radius 3 is 0.865 bits per heavy atom. The zero-order valence-electron chi connectivity index (χ0n) is 25.5. The molecule has 0 aromatic heterocycles. The molecule has 0 radical (unpaired) electrons. The molecule has 0 spiro atoms. The van der Waals surface area contributed by atoms with Gasteiger partial charge in [0.15, 0.2) is 0 Å². The fraction of sp³-hybridized carbons (Fsp3) is 1.00. The average Bonchev–Trinajstić information content (AvgIpc) is 2.93. The summed E-state index contributed by atoms with van der Waals surface area (Å²) >= 11 is 0. The molecule has 37 heavy (non-hydrogen) atoms. The smallest absolute Gasteiger partial charge is 0.102 e. The van der Waals surface area contributed by atoms with Gasteiger partial charge in [0.25, 0.3) is 0 Å². The van der Waals surface area contributed by atoms with E-state index in [4.69, 9.17) is 9.47 Å². The predicted octanol–water partition coefficient (Wildman–Crippen LogP) is 13.2. The van der Waals surface area contributed by atoms with Crippen LogP contribution in [0, 0.1) is 0 Å². The first-order valence-corrected chi connectivity index (χ1v) is 28.0.